The predicted octanol–water partition coefficient (Wildman–Crippen LogP) is 2.17. The number of nitrogens with zero attached hydrogens (tertiary/aromatic N) is 3. The summed E-state index contributed by atoms with van der Waals surface area (Å²) in [6.45, 7) is 4.78. The van der Waals surface area contributed by atoms with E-state index in [-0.39, 0.29) is 5.57 Å². The van der Waals surface area contributed by atoms with Crippen molar-refractivity contribution in [3.63, 3.8) is 0 Å². The van der Waals surface area contributed by atoms with Gasteiger partial charge in [-0.3, -0.25) is 0 Å². The first kappa shape index (κ1) is 14.1. The molecule has 0 bridgehead atoms. The zero-order chi connectivity index (χ0) is 14.4. The van der Waals surface area contributed by atoms with Crippen LogP contribution in [0, 0.1) is 29.6 Å². The standard InChI is InChI=1S/C16H17N3O/c1-13-2-4-14(5-3-13)10-16(15(11-17)12-18)19-6-8-20-9-7-19/h2-5H,6-10H2,1H3. The molecule has 0 unspecified atom stereocenters. The molecule has 1 aliphatic heterocycles. The molecule has 1 aromatic rings. The van der Waals surface area contributed by atoms with Gasteiger partial charge in [-0.15, -0.1) is 0 Å². The summed E-state index contributed by atoms with van der Waals surface area (Å²) in [4.78, 5) is 2.09. The second-order valence-corrected chi connectivity index (χ2v) is 4.81. The summed E-state index contributed by atoms with van der Waals surface area (Å²) in [5, 5.41) is 18.3. The third-order valence-electron chi connectivity index (χ3n) is 3.40. The Balaban J connectivity index is 2.28. The molecule has 102 valence electrons. The number of ether oxygens (including phenoxy) is 1. The number of rotatable bonds is 3. The highest BCUT2D eigenvalue weighted by atomic mass is 16.5. The fourth-order valence-corrected chi connectivity index (χ4v) is 2.24. The lowest BCUT2D eigenvalue weighted by Gasteiger charge is -2.31. The Labute approximate surface area is 119 Å². The molecule has 0 atom stereocenters. The second-order valence-electron chi connectivity index (χ2n) is 4.81. The highest BCUT2D eigenvalue weighted by Gasteiger charge is 2.18. The maximum absolute atomic E-state index is 9.16. The number of morpholine rings is 1. The largest absolute Gasteiger partial charge is 0.378 e. The van der Waals surface area contributed by atoms with Gasteiger partial charge >= 0.3 is 0 Å². The maximum atomic E-state index is 9.16. The Morgan fingerprint density at radius 1 is 1.15 bits per heavy atom. The van der Waals surface area contributed by atoms with Crippen molar-refractivity contribution in [2.45, 2.75) is 13.3 Å². The number of benzene rings is 1. The van der Waals surface area contributed by atoms with Crippen molar-refractivity contribution in [2.24, 2.45) is 0 Å². The minimum Gasteiger partial charge on any atom is -0.378 e. The molecule has 0 saturated carbocycles. The lowest BCUT2D eigenvalue weighted by Crippen LogP contribution is -2.36. The Kier molecular flexibility index (Phi) is 4.76. The first-order valence-electron chi connectivity index (χ1n) is 6.66. The normalized spacial score (nSPS) is 14.2. The number of aryl methyl sites for hydroxylation is 1. The van der Waals surface area contributed by atoms with Gasteiger partial charge in [-0.1, -0.05) is 29.8 Å². The van der Waals surface area contributed by atoms with Gasteiger partial charge in [-0.25, -0.2) is 0 Å². The summed E-state index contributed by atoms with van der Waals surface area (Å²) in [6, 6.07) is 12.2. The lowest BCUT2D eigenvalue weighted by molar-refractivity contribution is 0.0524. The molecule has 1 heterocycles. The number of allylic oxidation sites excluding steroid dienone is 2. The van der Waals surface area contributed by atoms with E-state index >= 15 is 0 Å². The maximum Gasteiger partial charge on any atom is 0.149 e. The van der Waals surface area contributed by atoms with Crippen LogP contribution in [0.15, 0.2) is 35.5 Å². The van der Waals surface area contributed by atoms with Gasteiger partial charge in [-0.2, -0.15) is 10.5 Å². The summed E-state index contributed by atoms with van der Waals surface area (Å²) < 4.78 is 5.33. The van der Waals surface area contributed by atoms with E-state index in [1.165, 1.54) is 5.56 Å². The van der Waals surface area contributed by atoms with Crippen molar-refractivity contribution in [2.75, 3.05) is 26.3 Å². The molecule has 1 saturated heterocycles. The highest BCUT2D eigenvalue weighted by Crippen LogP contribution is 2.18. The molecule has 1 fully saturated rings. The summed E-state index contributed by atoms with van der Waals surface area (Å²) in [5.74, 6) is 0. The van der Waals surface area contributed by atoms with Crippen LogP contribution in [-0.2, 0) is 11.2 Å². The van der Waals surface area contributed by atoms with Gasteiger partial charge in [0.2, 0.25) is 0 Å². The van der Waals surface area contributed by atoms with Gasteiger partial charge < -0.3 is 9.64 Å². The molecule has 0 spiro atoms. The van der Waals surface area contributed by atoms with Crippen molar-refractivity contribution in [1.82, 2.24) is 4.90 Å². The SMILES string of the molecule is Cc1ccc(CC(=C(C#N)C#N)N2CCOCC2)cc1. The lowest BCUT2D eigenvalue weighted by atomic mass is 10.0. The van der Waals surface area contributed by atoms with Crippen LogP contribution < -0.4 is 0 Å². The molecular formula is C16H17N3O. The molecule has 0 aromatic heterocycles. The van der Waals surface area contributed by atoms with E-state index in [1.54, 1.807) is 0 Å². The molecule has 0 N–H and O–H groups in total. The predicted molar refractivity (Wildman–Crippen MR) is 75.5 cm³/mol. The third kappa shape index (κ3) is 3.38. The molecule has 4 heteroatoms. The highest BCUT2D eigenvalue weighted by molar-refractivity contribution is 5.42. The van der Waals surface area contributed by atoms with Crippen LogP contribution in [0.2, 0.25) is 0 Å². The van der Waals surface area contributed by atoms with E-state index in [4.69, 9.17) is 15.3 Å². The molecule has 2 rings (SSSR count). The van der Waals surface area contributed by atoms with Crippen LogP contribution in [0.3, 0.4) is 0 Å². The molecule has 0 radical (unpaired) electrons. The molecule has 0 amide bonds. The summed E-state index contributed by atoms with van der Waals surface area (Å²) in [7, 11) is 0. The minimum absolute atomic E-state index is 0.201. The van der Waals surface area contributed by atoms with E-state index in [2.05, 4.69) is 4.90 Å². The zero-order valence-electron chi connectivity index (χ0n) is 11.6. The minimum atomic E-state index is 0.201. The first-order chi connectivity index (χ1) is 9.74. The summed E-state index contributed by atoms with van der Waals surface area (Å²) in [5.41, 5.74) is 3.32. The van der Waals surface area contributed by atoms with Crippen LogP contribution >= 0.6 is 0 Å². The fourth-order valence-electron chi connectivity index (χ4n) is 2.24. The quantitative estimate of drug-likeness (QED) is 0.787. The van der Waals surface area contributed by atoms with Gasteiger partial charge in [0.1, 0.15) is 17.7 Å². The van der Waals surface area contributed by atoms with Crippen molar-refractivity contribution in [3.05, 3.63) is 46.7 Å². The average molecular weight is 267 g/mol. The Bertz CT molecular complexity index is 553. The van der Waals surface area contributed by atoms with Crippen molar-refractivity contribution >= 4 is 0 Å². The van der Waals surface area contributed by atoms with Crippen molar-refractivity contribution in [3.8, 4) is 12.1 Å². The van der Waals surface area contributed by atoms with Gasteiger partial charge in [0, 0.05) is 25.2 Å². The zero-order valence-corrected chi connectivity index (χ0v) is 11.6. The molecule has 0 aliphatic carbocycles. The third-order valence-corrected chi connectivity index (χ3v) is 3.40. The van der Waals surface area contributed by atoms with Crippen LogP contribution in [-0.4, -0.2) is 31.2 Å². The van der Waals surface area contributed by atoms with Crippen LogP contribution in [0.25, 0.3) is 0 Å². The topological polar surface area (TPSA) is 60.0 Å². The Hall–Kier alpha value is -2.30. The molecule has 4 nitrogen and oxygen atoms in total. The van der Waals surface area contributed by atoms with Crippen molar-refractivity contribution in [1.29, 1.82) is 10.5 Å². The van der Waals surface area contributed by atoms with Gasteiger partial charge in [0.05, 0.1) is 13.2 Å². The average Bonchev–Trinajstić information content (AvgIpc) is 2.50. The van der Waals surface area contributed by atoms with Gasteiger partial charge in [0.25, 0.3) is 0 Å². The Morgan fingerprint density at radius 3 is 2.30 bits per heavy atom. The molecule has 20 heavy (non-hydrogen) atoms. The Morgan fingerprint density at radius 2 is 1.75 bits per heavy atom. The van der Waals surface area contributed by atoms with Crippen LogP contribution in [0.4, 0.5) is 0 Å². The molecular weight excluding hydrogens is 250 g/mol. The van der Waals surface area contributed by atoms with Crippen molar-refractivity contribution < 1.29 is 4.74 Å². The monoisotopic (exact) mass is 267 g/mol. The summed E-state index contributed by atoms with van der Waals surface area (Å²) >= 11 is 0. The van der Waals surface area contributed by atoms with E-state index < -0.39 is 0 Å². The van der Waals surface area contributed by atoms with E-state index in [0.717, 1.165) is 24.4 Å². The fraction of sp³-hybridized carbons (Fsp3) is 0.375. The first-order valence-corrected chi connectivity index (χ1v) is 6.66. The molecule has 1 aromatic carbocycles. The summed E-state index contributed by atoms with van der Waals surface area (Å²) in [6.07, 6.45) is 0.608. The van der Waals surface area contributed by atoms with E-state index in [1.807, 2.05) is 43.3 Å². The van der Waals surface area contributed by atoms with Gasteiger partial charge in [-0.05, 0) is 12.5 Å². The van der Waals surface area contributed by atoms with E-state index in [0.29, 0.717) is 19.6 Å². The number of nitriles is 2. The van der Waals surface area contributed by atoms with E-state index in [9.17, 15) is 0 Å². The van der Waals surface area contributed by atoms with Crippen LogP contribution in [0.1, 0.15) is 11.1 Å². The second kappa shape index (κ2) is 6.75. The van der Waals surface area contributed by atoms with Gasteiger partial charge in [0.15, 0.2) is 0 Å². The number of hydrogen-bond donors (Lipinski definition) is 0. The van der Waals surface area contributed by atoms with Crippen LogP contribution in [0.5, 0.6) is 0 Å². The number of hydrogen-bond acceptors (Lipinski definition) is 4. The molecule has 1 aliphatic rings. The smallest absolute Gasteiger partial charge is 0.149 e.